The van der Waals surface area contributed by atoms with Crippen molar-refractivity contribution >= 4 is 17.3 Å². The summed E-state index contributed by atoms with van der Waals surface area (Å²) in [6, 6.07) is 6.10. The highest BCUT2D eigenvalue weighted by Gasteiger charge is 2.18. The van der Waals surface area contributed by atoms with Crippen molar-refractivity contribution in [2.45, 2.75) is 19.8 Å². The second-order valence-electron chi connectivity index (χ2n) is 5.43. The topological polar surface area (TPSA) is 88.0 Å². The van der Waals surface area contributed by atoms with E-state index in [1.54, 1.807) is 12.1 Å². The van der Waals surface area contributed by atoms with Crippen molar-refractivity contribution in [2.75, 3.05) is 18.1 Å². The molecule has 2 N–H and O–H groups in total. The molecule has 7 heteroatoms. The van der Waals surface area contributed by atoms with Gasteiger partial charge in [-0.05, 0) is 30.9 Å². The molecule has 1 aromatic carbocycles. The number of hydrazone groups is 1. The fourth-order valence-corrected chi connectivity index (χ4v) is 2.34. The smallest absolute Gasteiger partial charge is 0.269 e. The van der Waals surface area contributed by atoms with Gasteiger partial charge in [0, 0.05) is 31.4 Å². The van der Waals surface area contributed by atoms with E-state index in [0.717, 1.165) is 25.9 Å². The number of nitro benzene ring substituents is 1. The summed E-state index contributed by atoms with van der Waals surface area (Å²) in [4.78, 5) is 12.3. The summed E-state index contributed by atoms with van der Waals surface area (Å²) in [6.07, 6.45) is 3.73. The van der Waals surface area contributed by atoms with Gasteiger partial charge in [-0.15, -0.1) is 5.10 Å². The minimum Gasteiger partial charge on any atom is -0.368 e. The minimum absolute atomic E-state index is 0.0368. The molecule has 1 heterocycles. The first-order valence-electron chi connectivity index (χ1n) is 7.26. The summed E-state index contributed by atoms with van der Waals surface area (Å²) in [5.74, 6) is 1.15. The Balaban J connectivity index is 2.12. The van der Waals surface area contributed by atoms with Crippen LogP contribution in [0.15, 0.2) is 42.1 Å². The van der Waals surface area contributed by atoms with Crippen molar-refractivity contribution in [3.63, 3.8) is 0 Å². The van der Waals surface area contributed by atoms with Crippen molar-refractivity contribution in [3.05, 3.63) is 47.2 Å². The van der Waals surface area contributed by atoms with Crippen LogP contribution >= 0.6 is 0 Å². The molecule has 118 valence electrons. The second-order valence-corrected chi connectivity index (χ2v) is 5.43. The predicted molar refractivity (Wildman–Crippen MR) is 87.4 cm³/mol. The maximum atomic E-state index is 10.7. The number of anilines is 1. The van der Waals surface area contributed by atoms with E-state index in [4.69, 9.17) is 5.73 Å². The number of hydrogen-bond donors (Lipinski definition) is 1. The van der Waals surface area contributed by atoms with Gasteiger partial charge in [0.2, 0.25) is 5.96 Å². The van der Waals surface area contributed by atoms with E-state index >= 15 is 0 Å². The Labute approximate surface area is 129 Å². The van der Waals surface area contributed by atoms with Gasteiger partial charge in [-0.25, -0.2) is 5.01 Å². The van der Waals surface area contributed by atoms with E-state index in [-0.39, 0.29) is 5.69 Å². The molecular weight excluding hydrogens is 282 g/mol. The molecular formula is C15H21N5O2. The van der Waals surface area contributed by atoms with Crippen LogP contribution in [0, 0.1) is 16.0 Å². The molecule has 0 amide bonds. The molecule has 0 bridgehead atoms. The van der Waals surface area contributed by atoms with Crippen LogP contribution in [0.1, 0.15) is 19.8 Å². The van der Waals surface area contributed by atoms with Crippen LogP contribution in [0.3, 0.4) is 0 Å². The molecule has 2 rings (SSSR count). The third kappa shape index (κ3) is 3.75. The van der Waals surface area contributed by atoms with E-state index in [9.17, 15) is 10.1 Å². The fraction of sp³-hybridized carbons (Fsp3) is 0.400. The molecule has 1 fully saturated rings. The van der Waals surface area contributed by atoms with Gasteiger partial charge in [0.25, 0.3) is 5.69 Å². The molecule has 0 spiro atoms. The molecule has 0 aromatic heterocycles. The molecule has 1 aromatic rings. The summed E-state index contributed by atoms with van der Waals surface area (Å²) in [5, 5.41) is 16.6. The summed E-state index contributed by atoms with van der Waals surface area (Å²) in [5.41, 5.74) is 6.78. The van der Waals surface area contributed by atoms with Crippen LogP contribution in [0.2, 0.25) is 0 Å². The molecule has 0 unspecified atom stereocenters. The Morgan fingerprint density at radius 1 is 1.45 bits per heavy atom. The molecule has 0 atom stereocenters. The number of nitro groups is 1. The van der Waals surface area contributed by atoms with Crippen LogP contribution in [0.5, 0.6) is 0 Å². The largest absolute Gasteiger partial charge is 0.368 e. The molecule has 0 saturated carbocycles. The highest BCUT2D eigenvalue weighted by molar-refractivity contribution is 5.79. The summed E-state index contributed by atoms with van der Waals surface area (Å²) in [6.45, 7) is 7.73. The van der Waals surface area contributed by atoms with Crippen LogP contribution < -0.4 is 10.7 Å². The lowest BCUT2D eigenvalue weighted by atomic mass is 10.00. The highest BCUT2D eigenvalue weighted by atomic mass is 16.6. The lowest BCUT2D eigenvalue weighted by Crippen LogP contribution is -2.43. The number of nitrogens with two attached hydrogens (primary N) is 1. The lowest BCUT2D eigenvalue weighted by Gasteiger charge is -2.31. The summed E-state index contributed by atoms with van der Waals surface area (Å²) in [7, 11) is 0. The van der Waals surface area contributed by atoms with Crippen LogP contribution in [0.4, 0.5) is 11.4 Å². The fourth-order valence-electron chi connectivity index (χ4n) is 2.34. The van der Waals surface area contributed by atoms with Gasteiger partial charge >= 0.3 is 0 Å². The van der Waals surface area contributed by atoms with Crippen molar-refractivity contribution < 1.29 is 4.92 Å². The number of likely N-dealkylation sites (tertiary alicyclic amines) is 1. The Hall–Kier alpha value is -2.57. The molecule has 7 nitrogen and oxygen atoms in total. The monoisotopic (exact) mass is 303 g/mol. The average Bonchev–Trinajstić information content (AvgIpc) is 2.53. The molecule has 0 radical (unpaired) electrons. The predicted octanol–water partition coefficient (Wildman–Crippen LogP) is 2.51. The first-order chi connectivity index (χ1) is 10.5. The number of piperidine rings is 1. The summed E-state index contributed by atoms with van der Waals surface area (Å²) >= 11 is 0. The standard InChI is InChI=1S/C15H21N5O2/c1-3-19(13-4-6-14(7-5-13)20(21)22)17-15(16)18-10-8-12(2)9-11-18/h3-7,12H,1,8-11H2,2H3,(H2,16,17). The lowest BCUT2D eigenvalue weighted by molar-refractivity contribution is -0.384. The number of nitrogens with zero attached hydrogens (tertiary/aromatic N) is 4. The average molecular weight is 303 g/mol. The third-order valence-corrected chi connectivity index (χ3v) is 3.82. The zero-order valence-corrected chi connectivity index (χ0v) is 12.7. The Morgan fingerprint density at radius 2 is 2.05 bits per heavy atom. The van der Waals surface area contributed by atoms with Gasteiger partial charge in [-0.2, -0.15) is 0 Å². The van der Waals surface area contributed by atoms with E-state index in [1.807, 2.05) is 4.90 Å². The van der Waals surface area contributed by atoms with Gasteiger partial charge in [-0.1, -0.05) is 13.5 Å². The molecule has 22 heavy (non-hydrogen) atoms. The molecule has 0 aliphatic carbocycles. The van der Waals surface area contributed by atoms with Gasteiger partial charge in [-0.3, -0.25) is 10.1 Å². The third-order valence-electron chi connectivity index (χ3n) is 3.82. The Bertz CT molecular complexity index is 562. The van der Waals surface area contributed by atoms with E-state index in [0.29, 0.717) is 17.6 Å². The first kappa shape index (κ1) is 15.8. The second kappa shape index (κ2) is 6.93. The van der Waals surface area contributed by atoms with Crippen molar-refractivity contribution in [3.8, 4) is 0 Å². The van der Waals surface area contributed by atoms with Crippen LogP contribution in [0.25, 0.3) is 0 Å². The summed E-state index contributed by atoms with van der Waals surface area (Å²) < 4.78 is 0. The van der Waals surface area contributed by atoms with Crippen LogP contribution in [-0.2, 0) is 0 Å². The minimum atomic E-state index is -0.436. The Kier molecular flexibility index (Phi) is 4.98. The number of rotatable bonds is 4. The van der Waals surface area contributed by atoms with Crippen molar-refractivity contribution in [1.29, 1.82) is 0 Å². The quantitative estimate of drug-likeness (QED) is 0.399. The van der Waals surface area contributed by atoms with Gasteiger partial charge in [0.15, 0.2) is 0 Å². The number of non-ortho nitro benzene ring substituents is 1. The first-order valence-corrected chi connectivity index (χ1v) is 7.26. The van der Waals surface area contributed by atoms with Crippen molar-refractivity contribution in [2.24, 2.45) is 16.8 Å². The maximum Gasteiger partial charge on any atom is 0.269 e. The normalized spacial score (nSPS) is 16.4. The van der Waals surface area contributed by atoms with E-state index in [1.165, 1.54) is 23.3 Å². The zero-order valence-electron chi connectivity index (χ0n) is 12.7. The van der Waals surface area contributed by atoms with Gasteiger partial charge in [0.05, 0.1) is 10.6 Å². The van der Waals surface area contributed by atoms with Crippen LogP contribution in [-0.4, -0.2) is 28.9 Å². The Morgan fingerprint density at radius 3 is 2.55 bits per heavy atom. The van der Waals surface area contributed by atoms with Crippen molar-refractivity contribution in [1.82, 2.24) is 4.90 Å². The van der Waals surface area contributed by atoms with Gasteiger partial charge in [0.1, 0.15) is 0 Å². The SMILES string of the molecule is C=CN(/N=C(\N)N1CCC(C)CC1)c1ccc([N+](=O)[O-])cc1. The molecule has 1 saturated heterocycles. The number of benzene rings is 1. The zero-order chi connectivity index (χ0) is 16.1. The van der Waals surface area contributed by atoms with E-state index < -0.39 is 4.92 Å². The maximum absolute atomic E-state index is 10.7. The molecule has 1 aliphatic heterocycles. The van der Waals surface area contributed by atoms with Gasteiger partial charge < -0.3 is 10.6 Å². The molecule has 1 aliphatic rings. The highest BCUT2D eigenvalue weighted by Crippen LogP contribution is 2.20. The number of guanidine groups is 1. The number of hydrogen-bond acceptors (Lipinski definition) is 4. The van der Waals surface area contributed by atoms with E-state index in [2.05, 4.69) is 18.6 Å².